The monoisotopic (exact) mass is 412 g/mol. The highest BCUT2D eigenvalue weighted by atomic mass is 127. The minimum Gasteiger partial charge on any atom is -0.355 e. The van der Waals surface area contributed by atoms with Crippen molar-refractivity contribution in [2.24, 2.45) is 0 Å². The van der Waals surface area contributed by atoms with Gasteiger partial charge in [0.15, 0.2) is 0 Å². The summed E-state index contributed by atoms with van der Waals surface area (Å²) < 4.78 is 2.81. The first-order valence-corrected chi connectivity index (χ1v) is 8.00. The number of aromatic nitrogens is 2. The molecule has 0 bridgehead atoms. The highest BCUT2D eigenvalue weighted by molar-refractivity contribution is 14.1. The van der Waals surface area contributed by atoms with Crippen molar-refractivity contribution in [3.63, 3.8) is 0 Å². The van der Waals surface area contributed by atoms with Crippen LogP contribution in [0, 0.1) is 3.57 Å². The molecule has 1 aromatic heterocycles. The predicted octanol–water partition coefficient (Wildman–Crippen LogP) is 1.42. The Kier molecular flexibility index (Phi) is 6.38. The van der Waals surface area contributed by atoms with Crippen LogP contribution in [-0.4, -0.2) is 34.5 Å². The summed E-state index contributed by atoms with van der Waals surface area (Å²) in [7, 11) is 0. The van der Waals surface area contributed by atoms with Crippen molar-refractivity contribution in [3.8, 4) is 0 Å². The zero-order valence-corrected chi connectivity index (χ0v) is 14.1. The normalized spacial score (nSPS) is 10.2. The molecule has 0 aliphatic heterocycles. The fourth-order valence-electron chi connectivity index (χ4n) is 1.87. The molecule has 0 saturated heterocycles. The molecule has 0 unspecified atom stereocenters. The second kappa shape index (κ2) is 8.52. The van der Waals surface area contributed by atoms with Gasteiger partial charge in [0, 0.05) is 29.1 Å². The summed E-state index contributed by atoms with van der Waals surface area (Å²) >= 11 is 2.10. The number of aryl methyl sites for hydroxylation is 1. The van der Waals surface area contributed by atoms with Crippen LogP contribution in [0.5, 0.6) is 0 Å². The van der Waals surface area contributed by atoms with Crippen LogP contribution in [0.3, 0.4) is 0 Å². The number of nitrogens with zero attached hydrogens (tertiary/aromatic N) is 2. The lowest BCUT2D eigenvalue weighted by atomic mass is 10.2. The van der Waals surface area contributed by atoms with Gasteiger partial charge in [0.1, 0.15) is 0 Å². The van der Waals surface area contributed by atoms with E-state index in [2.05, 4.69) is 38.2 Å². The fourth-order valence-corrected chi connectivity index (χ4v) is 2.50. The van der Waals surface area contributed by atoms with Gasteiger partial charge in [0.2, 0.25) is 5.91 Å². The smallest absolute Gasteiger partial charge is 0.252 e. The summed E-state index contributed by atoms with van der Waals surface area (Å²) in [6.07, 6.45) is 6.15. The Morgan fingerprint density at radius 2 is 2.05 bits per heavy atom. The van der Waals surface area contributed by atoms with Gasteiger partial charge in [-0.1, -0.05) is 12.1 Å². The van der Waals surface area contributed by atoms with Gasteiger partial charge in [-0.05, 0) is 41.1 Å². The lowest BCUT2D eigenvalue weighted by Gasteiger charge is -2.08. The lowest BCUT2D eigenvalue weighted by Crippen LogP contribution is -2.37. The molecule has 0 atom stereocenters. The third-order valence-corrected chi connectivity index (χ3v) is 3.94. The molecule has 0 aliphatic carbocycles. The minimum absolute atomic E-state index is 0.0190. The molecule has 2 rings (SSSR count). The molecule has 6 nitrogen and oxygen atoms in total. The maximum atomic E-state index is 11.9. The molecule has 0 fully saturated rings. The quantitative estimate of drug-likeness (QED) is 0.534. The average molecular weight is 412 g/mol. The van der Waals surface area contributed by atoms with E-state index >= 15 is 0 Å². The first kappa shape index (κ1) is 16.5. The van der Waals surface area contributed by atoms with E-state index < -0.39 is 0 Å². The van der Waals surface area contributed by atoms with Crippen LogP contribution >= 0.6 is 22.6 Å². The molecule has 2 N–H and O–H groups in total. The Labute approximate surface area is 142 Å². The van der Waals surface area contributed by atoms with Crippen molar-refractivity contribution >= 4 is 34.4 Å². The summed E-state index contributed by atoms with van der Waals surface area (Å²) in [6, 6.07) is 7.25. The maximum absolute atomic E-state index is 11.9. The van der Waals surface area contributed by atoms with Crippen molar-refractivity contribution in [2.45, 2.75) is 13.0 Å². The van der Waals surface area contributed by atoms with Crippen LogP contribution in [-0.2, 0) is 11.3 Å². The molecule has 0 radical (unpaired) electrons. The second-order valence-corrected chi connectivity index (χ2v) is 5.83. The average Bonchev–Trinajstić information content (AvgIpc) is 3.03. The zero-order chi connectivity index (χ0) is 15.8. The molecule has 1 heterocycles. The Bertz CT molecular complexity index is 628. The maximum Gasteiger partial charge on any atom is 0.252 e. The topological polar surface area (TPSA) is 76.0 Å². The molecule has 2 amide bonds. The highest BCUT2D eigenvalue weighted by Gasteiger charge is 2.10. The van der Waals surface area contributed by atoms with Crippen LogP contribution in [0.4, 0.5) is 0 Å². The van der Waals surface area contributed by atoms with E-state index in [1.807, 2.05) is 22.9 Å². The van der Waals surface area contributed by atoms with Crippen molar-refractivity contribution in [3.05, 3.63) is 52.1 Å². The molecule has 7 heteroatoms. The molecular formula is C15H17IN4O2. The van der Waals surface area contributed by atoms with Gasteiger partial charge in [-0.15, -0.1) is 0 Å². The van der Waals surface area contributed by atoms with Gasteiger partial charge in [-0.3, -0.25) is 9.59 Å². The number of carbonyl (C=O) groups is 2. The summed E-state index contributed by atoms with van der Waals surface area (Å²) in [6.45, 7) is 1.35. The number of amides is 2. The van der Waals surface area contributed by atoms with E-state index in [1.54, 1.807) is 24.7 Å². The number of carbonyl (C=O) groups excluding carboxylic acids is 2. The van der Waals surface area contributed by atoms with E-state index in [0.717, 1.165) is 16.5 Å². The van der Waals surface area contributed by atoms with Gasteiger partial charge in [0.05, 0.1) is 18.4 Å². The molecule has 2 aromatic rings. The Hall–Kier alpha value is -1.90. The third kappa shape index (κ3) is 5.14. The van der Waals surface area contributed by atoms with Crippen molar-refractivity contribution in [1.29, 1.82) is 0 Å². The van der Waals surface area contributed by atoms with Crippen molar-refractivity contribution < 1.29 is 9.59 Å². The number of halogens is 1. The Morgan fingerprint density at radius 1 is 1.23 bits per heavy atom. The Morgan fingerprint density at radius 3 is 2.77 bits per heavy atom. The Balaban J connectivity index is 1.65. The van der Waals surface area contributed by atoms with E-state index in [1.165, 1.54) is 0 Å². The molecular weight excluding hydrogens is 395 g/mol. The third-order valence-electron chi connectivity index (χ3n) is 3.00. The fraction of sp³-hybridized carbons (Fsp3) is 0.267. The van der Waals surface area contributed by atoms with Crippen molar-refractivity contribution in [2.75, 3.05) is 13.1 Å². The van der Waals surface area contributed by atoms with E-state index in [0.29, 0.717) is 12.1 Å². The standard InChI is InChI=1S/C15H17IN4O2/c16-13-5-2-1-4-12(13)15(22)19-10-14(21)18-6-3-8-20-9-7-17-11-20/h1-2,4-5,7,9,11H,3,6,8,10H2,(H,18,21)(H,19,22). The minimum atomic E-state index is -0.237. The van der Waals surface area contributed by atoms with Crippen LogP contribution in [0.1, 0.15) is 16.8 Å². The second-order valence-electron chi connectivity index (χ2n) is 4.67. The first-order valence-electron chi connectivity index (χ1n) is 6.92. The molecule has 0 spiro atoms. The van der Waals surface area contributed by atoms with Crippen LogP contribution in [0.2, 0.25) is 0 Å². The van der Waals surface area contributed by atoms with E-state index in [4.69, 9.17) is 0 Å². The molecule has 0 saturated carbocycles. The predicted molar refractivity (Wildman–Crippen MR) is 91.3 cm³/mol. The van der Waals surface area contributed by atoms with E-state index in [9.17, 15) is 9.59 Å². The highest BCUT2D eigenvalue weighted by Crippen LogP contribution is 2.10. The summed E-state index contributed by atoms with van der Waals surface area (Å²) in [5.74, 6) is -0.427. The van der Waals surface area contributed by atoms with Crippen molar-refractivity contribution in [1.82, 2.24) is 20.2 Å². The first-order chi connectivity index (χ1) is 10.7. The van der Waals surface area contributed by atoms with Crippen LogP contribution in [0.25, 0.3) is 0 Å². The molecule has 22 heavy (non-hydrogen) atoms. The lowest BCUT2D eigenvalue weighted by molar-refractivity contribution is -0.120. The number of nitrogens with one attached hydrogen (secondary N) is 2. The number of rotatable bonds is 7. The molecule has 116 valence electrons. The van der Waals surface area contributed by atoms with Gasteiger partial charge in [-0.2, -0.15) is 0 Å². The molecule has 1 aromatic carbocycles. The van der Waals surface area contributed by atoms with Gasteiger partial charge in [-0.25, -0.2) is 4.98 Å². The molecule has 0 aliphatic rings. The van der Waals surface area contributed by atoms with Gasteiger partial charge < -0.3 is 15.2 Å². The number of hydrogen-bond donors (Lipinski definition) is 2. The number of hydrogen-bond acceptors (Lipinski definition) is 3. The van der Waals surface area contributed by atoms with Crippen LogP contribution < -0.4 is 10.6 Å². The number of imidazole rings is 1. The SMILES string of the molecule is O=C(CNC(=O)c1ccccc1I)NCCCn1ccnc1. The summed E-state index contributed by atoms with van der Waals surface area (Å²) in [4.78, 5) is 27.6. The summed E-state index contributed by atoms with van der Waals surface area (Å²) in [5.41, 5.74) is 0.580. The van der Waals surface area contributed by atoms with Crippen LogP contribution in [0.15, 0.2) is 43.0 Å². The van der Waals surface area contributed by atoms with Gasteiger partial charge >= 0.3 is 0 Å². The van der Waals surface area contributed by atoms with Gasteiger partial charge in [0.25, 0.3) is 5.91 Å². The van der Waals surface area contributed by atoms with E-state index in [-0.39, 0.29) is 18.4 Å². The summed E-state index contributed by atoms with van der Waals surface area (Å²) in [5, 5.41) is 5.40. The number of benzene rings is 1. The zero-order valence-electron chi connectivity index (χ0n) is 12.0. The largest absolute Gasteiger partial charge is 0.355 e.